The van der Waals surface area contributed by atoms with Crippen molar-refractivity contribution in [1.29, 1.82) is 0 Å². The Morgan fingerprint density at radius 1 is 1.30 bits per heavy atom. The molecule has 0 aliphatic rings. The van der Waals surface area contributed by atoms with Gasteiger partial charge in [0.05, 0.1) is 27.3 Å². The fourth-order valence-corrected chi connectivity index (χ4v) is 3.00. The number of aryl methyl sites for hydroxylation is 2. The van der Waals surface area contributed by atoms with Crippen molar-refractivity contribution in [3.63, 3.8) is 0 Å². The van der Waals surface area contributed by atoms with Gasteiger partial charge >= 0.3 is 0 Å². The van der Waals surface area contributed by atoms with Crippen molar-refractivity contribution in [2.45, 2.75) is 6.92 Å². The predicted molar refractivity (Wildman–Crippen MR) is 103 cm³/mol. The van der Waals surface area contributed by atoms with Gasteiger partial charge in [0.2, 0.25) is 0 Å². The van der Waals surface area contributed by atoms with Gasteiger partial charge in [-0.3, -0.25) is 19.6 Å². The molecule has 3 aromatic rings. The molecule has 0 aliphatic carbocycles. The van der Waals surface area contributed by atoms with Gasteiger partial charge in [-0.25, -0.2) is 0 Å². The summed E-state index contributed by atoms with van der Waals surface area (Å²) in [7, 11) is 1.62. The van der Waals surface area contributed by atoms with Crippen molar-refractivity contribution in [3.8, 4) is 11.5 Å². The van der Waals surface area contributed by atoms with Gasteiger partial charge in [0.1, 0.15) is 17.2 Å². The molecule has 0 saturated carbocycles. The first kappa shape index (κ1) is 18.6. The monoisotopic (exact) mass is 430 g/mol. The van der Waals surface area contributed by atoms with E-state index in [1.165, 1.54) is 29.1 Å². The van der Waals surface area contributed by atoms with Crippen molar-refractivity contribution in [3.05, 3.63) is 74.5 Å². The van der Waals surface area contributed by atoms with E-state index in [0.717, 1.165) is 5.56 Å². The minimum atomic E-state index is -0.541. The average Bonchev–Trinajstić information content (AvgIpc) is 2.95. The summed E-state index contributed by atoms with van der Waals surface area (Å²) in [5, 5.41) is 17.9. The van der Waals surface area contributed by atoms with Crippen LogP contribution in [0.5, 0.6) is 11.5 Å². The Balaban J connectivity index is 1.93. The highest BCUT2D eigenvalue weighted by Crippen LogP contribution is 2.31. The molecule has 1 heterocycles. The maximum Gasteiger partial charge on any atom is 0.275 e. The van der Waals surface area contributed by atoms with Gasteiger partial charge in [0.25, 0.3) is 11.6 Å². The van der Waals surface area contributed by atoms with Crippen LogP contribution in [0.3, 0.4) is 0 Å². The molecule has 9 heteroatoms. The molecule has 0 radical (unpaired) electrons. The number of nitrogens with one attached hydrogen (secondary N) is 1. The van der Waals surface area contributed by atoms with Gasteiger partial charge in [-0.15, -0.1) is 0 Å². The summed E-state index contributed by atoms with van der Waals surface area (Å²) in [5.74, 6) is 0.367. The van der Waals surface area contributed by atoms with Crippen LogP contribution in [0.2, 0.25) is 0 Å². The summed E-state index contributed by atoms with van der Waals surface area (Å²) in [4.78, 5) is 23.2. The Bertz CT molecular complexity index is 1010. The maximum atomic E-state index is 12.5. The number of anilines is 1. The maximum absolute atomic E-state index is 12.5. The Kier molecular flexibility index (Phi) is 5.22. The number of rotatable bonds is 5. The molecule has 0 fully saturated rings. The summed E-state index contributed by atoms with van der Waals surface area (Å²) in [6.45, 7) is 1.87. The molecule has 1 amide bonds. The topological polar surface area (TPSA) is 99.3 Å². The molecule has 8 nitrogen and oxygen atoms in total. The molecule has 1 N–H and O–H groups in total. The quantitative estimate of drug-likeness (QED) is 0.476. The number of para-hydroxylation sites is 1. The van der Waals surface area contributed by atoms with Gasteiger partial charge in [0.15, 0.2) is 0 Å². The highest BCUT2D eigenvalue weighted by atomic mass is 79.9. The Morgan fingerprint density at radius 3 is 2.67 bits per heavy atom. The smallest absolute Gasteiger partial charge is 0.275 e. The van der Waals surface area contributed by atoms with Crippen molar-refractivity contribution in [1.82, 2.24) is 9.78 Å². The zero-order valence-corrected chi connectivity index (χ0v) is 16.1. The van der Waals surface area contributed by atoms with Crippen LogP contribution in [0.1, 0.15) is 16.1 Å². The second-order valence-electron chi connectivity index (χ2n) is 5.76. The number of nitro groups is 1. The first-order chi connectivity index (χ1) is 12.8. The van der Waals surface area contributed by atoms with E-state index in [-0.39, 0.29) is 17.1 Å². The minimum absolute atomic E-state index is 0.194. The summed E-state index contributed by atoms with van der Waals surface area (Å²) in [6, 6.07) is 11.4. The molecule has 0 unspecified atom stereocenters. The van der Waals surface area contributed by atoms with E-state index < -0.39 is 10.8 Å². The molecule has 3 rings (SSSR count). The molecule has 0 atom stereocenters. The number of halogens is 1. The summed E-state index contributed by atoms with van der Waals surface area (Å²) in [5.41, 5.74) is 1.22. The second-order valence-corrected chi connectivity index (χ2v) is 6.61. The molecular formula is C18H15BrN4O4. The van der Waals surface area contributed by atoms with E-state index in [4.69, 9.17) is 4.74 Å². The zero-order chi connectivity index (χ0) is 19.6. The first-order valence-electron chi connectivity index (χ1n) is 7.87. The van der Waals surface area contributed by atoms with E-state index in [2.05, 4.69) is 26.3 Å². The number of ether oxygens (including phenoxy) is 1. The third-order valence-electron chi connectivity index (χ3n) is 3.79. The van der Waals surface area contributed by atoms with Crippen LogP contribution in [0, 0.1) is 17.0 Å². The molecule has 1 aromatic heterocycles. The number of carbonyl (C=O) groups excluding carboxylic acids is 1. The van der Waals surface area contributed by atoms with Crippen molar-refractivity contribution < 1.29 is 14.5 Å². The Labute approximate surface area is 163 Å². The van der Waals surface area contributed by atoms with E-state index in [1.807, 2.05) is 25.1 Å². The van der Waals surface area contributed by atoms with Gasteiger partial charge in [-0.2, -0.15) is 5.10 Å². The lowest BCUT2D eigenvalue weighted by Crippen LogP contribution is -2.16. The molecular weight excluding hydrogens is 416 g/mol. The standard InChI is InChI=1S/C18H15BrN4O4/c1-11-5-3-4-6-16(11)27-14-8-12(7-13(9-14)23(25)26)21-18(24)17-15(19)10-20-22(17)2/h3-10H,1-2H3,(H,21,24). The summed E-state index contributed by atoms with van der Waals surface area (Å²) >= 11 is 3.26. The lowest BCUT2D eigenvalue weighted by molar-refractivity contribution is -0.384. The van der Waals surface area contributed by atoms with Gasteiger partial charge in [0, 0.05) is 19.2 Å². The van der Waals surface area contributed by atoms with Crippen LogP contribution in [0.25, 0.3) is 0 Å². The molecule has 0 spiro atoms. The number of amides is 1. The van der Waals surface area contributed by atoms with Gasteiger partial charge in [-0.1, -0.05) is 18.2 Å². The first-order valence-corrected chi connectivity index (χ1v) is 8.66. The van der Waals surface area contributed by atoms with E-state index >= 15 is 0 Å². The third kappa shape index (κ3) is 4.14. The second kappa shape index (κ2) is 7.58. The highest BCUT2D eigenvalue weighted by molar-refractivity contribution is 9.10. The number of aromatic nitrogens is 2. The minimum Gasteiger partial charge on any atom is -0.457 e. The fourth-order valence-electron chi connectivity index (χ4n) is 2.47. The van der Waals surface area contributed by atoms with E-state index in [9.17, 15) is 14.9 Å². The molecule has 2 aromatic carbocycles. The lowest BCUT2D eigenvalue weighted by atomic mass is 10.2. The number of nitrogens with zero attached hydrogens (tertiary/aromatic N) is 3. The predicted octanol–water partition coefficient (Wildman–Crippen LogP) is 4.44. The number of hydrogen-bond acceptors (Lipinski definition) is 5. The summed E-state index contributed by atoms with van der Waals surface area (Å²) < 4.78 is 7.70. The Hall–Kier alpha value is -3.20. The molecule has 138 valence electrons. The van der Waals surface area contributed by atoms with Crippen LogP contribution in [0.15, 0.2) is 53.1 Å². The van der Waals surface area contributed by atoms with E-state index in [0.29, 0.717) is 15.9 Å². The Morgan fingerprint density at radius 2 is 2.04 bits per heavy atom. The number of nitro benzene ring substituents is 1. The van der Waals surface area contributed by atoms with Gasteiger partial charge < -0.3 is 10.1 Å². The van der Waals surface area contributed by atoms with Crippen LogP contribution in [-0.4, -0.2) is 20.6 Å². The fraction of sp³-hybridized carbons (Fsp3) is 0.111. The highest BCUT2D eigenvalue weighted by Gasteiger charge is 2.18. The number of benzene rings is 2. The third-order valence-corrected chi connectivity index (χ3v) is 4.37. The number of hydrogen-bond donors (Lipinski definition) is 1. The van der Waals surface area contributed by atoms with Crippen LogP contribution in [-0.2, 0) is 7.05 Å². The molecule has 0 bridgehead atoms. The number of non-ortho nitro benzene ring substituents is 1. The van der Waals surface area contributed by atoms with Crippen molar-refractivity contribution >= 4 is 33.2 Å². The summed E-state index contributed by atoms with van der Waals surface area (Å²) in [6.07, 6.45) is 1.50. The largest absolute Gasteiger partial charge is 0.457 e. The zero-order valence-electron chi connectivity index (χ0n) is 14.5. The normalized spacial score (nSPS) is 10.5. The van der Waals surface area contributed by atoms with E-state index in [1.54, 1.807) is 13.1 Å². The number of carbonyl (C=O) groups is 1. The van der Waals surface area contributed by atoms with Crippen molar-refractivity contribution in [2.75, 3.05) is 5.32 Å². The lowest BCUT2D eigenvalue weighted by Gasteiger charge is -2.11. The van der Waals surface area contributed by atoms with Crippen molar-refractivity contribution in [2.24, 2.45) is 7.05 Å². The van der Waals surface area contributed by atoms with Crippen LogP contribution in [0.4, 0.5) is 11.4 Å². The average molecular weight is 431 g/mol. The molecule has 0 saturated heterocycles. The molecule has 0 aliphatic heterocycles. The van der Waals surface area contributed by atoms with Crippen LogP contribution >= 0.6 is 15.9 Å². The SMILES string of the molecule is Cc1ccccc1Oc1cc(NC(=O)c2c(Br)cnn2C)cc([N+](=O)[O-])c1. The van der Waals surface area contributed by atoms with Crippen LogP contribution < -0.4 is 10.1 Å². The van der Waals surface area contributed by atoms with Gasteiger partial charge in [-0.05, 0) is 34.5 Å². The molecule has 27 heavy (non-hydrogen) atoms.